The van der Waals surface area contributed by atoms with Crippen LogP contribution in [-0.4, -0.2) is 25.7 Å². The van der Waals surface area contributed by atoms with Crippen molar-refractivity contribution in [1.82, 2.24) is 19.9 Å². The number of carbonyl (C=O) groups is 1. The summed E-state index contributed by atoms with van der Waals surface area (Å²) >= 11 is 0. The van der Waals surface area contributed by atoms with Crippen molar-refractivity contribution in [3.63, 3.8) is 0 Å². The lowest BCUT2D eigenvalue weighted by atomic mass is 9.70. The molecule has 0 aliphatic heterocycles. The Morgan fingerprint density at radius 1 is 1.06 bits per heavy atom. The molecular formula is C21H21F5N4O2S. The van der Waals surface area contributed by atoms with Crippen molar-refractivity contribution < 1.29 is 24.2 Å². The zero-order chi connectivity index (χ0) is 24.7. The molecule has 0 bridgehead atoms. The van der Waals surface area contributed by atoms with Crippen molar-refractivity contribution in [2.75, 3.05) is 0 Å². The number of hydrogen-bond donors (Lipinski definition) is 1. The molecule has 3 rings (SSSR count). The summed E-state index contributed by atoms with van der Waals surface area (Å²) in [4.78, 5) is 37.7. The van der Waals surface area contributed by atoms with Crippen LogP contribution in [0.5, 0.6) is 0 Å². The summed E-state index contributed by atoms with van der Waals surface area (Å²) in [6.45, 7) is 5.14. The van der Waals surface area contributed by atoms with Gasteiger partial charge in [-0.2, -0.15) is 0 Å². The molecule has 0 saturated heterocycles. The van der Waals surface area contributed by atoms with Crippen molar-refractivity contribution in [3.05, 3.63) is 70.4 Å². The summed E-state index contributed by atoms with van der Waals surface area (Å²) in [7, 11) is -9.81. The van der Waals surface area contributed by atoms with Crippen LogP contribution in [0.3, 0.4) is 0 Å². The molecule has 3 aromatic rings. The lowest BCUT2D eigenvalue weighted by molar-refractivity contribution is 0.0930. The summed E-state index contributed by atoms with van der Waals surface area (Å²) in [5.74, 6) is -0.738. The second-order valence-electron chi connectivity index (χ2n) is 8.22. The smallest absolute Gasteiger partial charge is 0.304 e. The minimum Gasteiger partial charge on any atom is -0.304 e. The van der Waals surface area contributed by atoms with E-state index in [-0.39, 0.29) is 35.2 Å². The van der Waals surface area contributed by atoms with Crippen LogP contribution in [0.2, 0.25) is 0 Å². The van der Waals surface area contributed by atoms with Gasteiger partial charge in [-0.15, -0.1) is 0 Å². The van der Waals surface area contributed by atoms with Crippen molar-refractivity contribution in [3.8, 4) is 11.6 Å². The fourth-order valence-electron chi connectivity index (χ4n) is 3.28. The molecule has 0 aliphatic rings. The zero-order valence-electron chi connectivity index (χ0n) is 17.9. The van der Waals surface area contributed by atoms with Gasteiger partial charge < -0.3 is 4.98 Å². The normalized spacial score (nSPS) is 16.0. The lowest BCUT2D eigenvalue weighted by Gasteiger charge is -2.41. The Bertz CT molecular complexity index is 1250. The van der Waals surface area contributed by atoms with Crippen LogP contribution in [0, 0.1) is 5.92 Å². The maximum Gasteiger partial charge on any atom is 0.310 e. The highest BCUT2D eigenvalue weighted by molar-refractivity contribution is 8.45. The second kappa shape index (κ2) is 7.44. The fourth-order valence-corrected chi connectivity index (χ4v) is 3.93. The number of H-pyrrole nitrogens is 1. The van der Waals surface area contributed by atoms with Crippen molar-refractivity contribution in [2.24, 2.45) is 5.92 Å². The van der Waals surface area contributed by atoms with E-state index in [0.29, 0.717) is 12.1 Å². The van der Waals surface area contributed by atoms with E-state index in [1.165, 1.54) is 12.4 Å². The van der Waals surface area contributed by atoms with Crippen molar-refractivity contribution in [2.45, 2.75) is 37.5 Å². The standard InChI is InChI=1S/C21H21F5N4O2S/c1-13(2)21(3,14-5-7-15(8-6-14)33(22,23,24,25)26)12-17(31)16-11-18(32)30-20(29-16)19-27-9-4-10-28-19/h4-11,13H,12H2,1-3H3,(H,29,30,32). The van der Waals surface area contributed by atoms with Crippen LogP contribution in [-0.2, 0) is 5.41 Å². The third-order valence-electron chi connectivity index (χ3n) is 5.57. The predicted molar refractivity (Wildman–Crippen MR) is 115 cm³/mol. The number of halogens is 5. The first-order chi connectivity index (χ1) is 15.0. The highest BCUT2D eigenvalue weighted by Crippen LogP contribution is 3.02. The molecule has 1 aromatic carbocycles. The highest BCUT2D eigenvalue weighted by Gasteiger charge is 2.65. The number of hydrogen-bond acceptors (Lipinski definition) is 5. The van der Waals surface area contributed by atoms with E-state index < -0.39 is 31.9 Å². The summed E-state index contributed by atoms with van der Waals surface area (Å²) in [6.07, 6.45) is 2.64. The molecule has 0 fully saturated rings. The Morgan fingerprint density at radius 2 is 1.64 bits per heavy atom. The van der Waals surface area contributed by atoms with E-state index in [1.807, 2.05) is 0 Å². The molecule has 2 heterocycles. The number of benzene rings is 1. The van der Waals surface area contributed by atoms with Gasteiger partial charge in [-0.25, -0.2) is 15.0 Å². The molecule has 0 aliphatic carbocycles. The summed E-state index contributed by atoms with van der Waals surface area (Å²) < 4.78 is 65.4. The zero-order valence-corrected chi connectivity index (χ0v) is 18.7. The Balaban J connectivity index is 1.97. The van der Waals surface area contributed by atoms with E-state index in [1.54, 1.807) is 26.8 Å². The topological polar surface area (TPSA) is 88.6 Å². The van der Waals surface area contributed by atoms with E-state index >= 15 is 0 Å². The van der Waals surface area contributed by atoms with Crippen LogP contribution in [0.25, 0.3) is 11.6 Å². The number of rotatable bonds is 7. The van der Waals surface area contributed by atoms with Crippen molar-refractivity contribution in [1.29, 1.82) is 0 Å². The summed E-state index contributed by atoms with van der Waals surface area (Å²) in [5, 5.41) is 0. The van der Waals surface area contributed by atoms with Gasteiger partial charge in [0.2, 0.25) is 0 Å². The average Bonchev–Trinajstić information content (AvgIpc) is 2.72. The number of aromatic amines is 1. The Kier molecular flexibility index (Phi) is 5.52. The number of nitrogens with zero attached hydrogens (tertiary/aromatic N) is 3. The van der Waals surface area contributed by atoms with Gasteiger partial charge in [-0.3, -0.25) is 9.59 Å². The van der Waals surface area contributed by atoms with Crippen LogP contribution < -0.4 is 5.56 Å². The molecule has 1 unspecified atom stereocenters. The third kappa shape index (κ3) is 5.44. The molecular weight excluding hydrogens is 467 g/mol. The minimum atomic E-state index is -9.81. The second-order valence-corrected chi connectivity index (χ2v) is 10.6. The molecule has 33 heavy (non-hydrogen) atoms. The number of ketones is 1. The molecule has 0 spiro atoms. The van der Waals surface area contributed by atoms with Crippen LogP contribution in [0.4, 0.5) is 19.4 Å². The number of carbonyl (C=O) groups excluding carboxylic acids is 1. The average molecular weight is 488 g/mol. The monoisotopic (exact) mass is 488 g/mol. The van der Waals surface area contributed by atoms with Gasteiger partial charge in [0.25, 0.3) is 5.56 Å². The maximum atomic E-state index is 13.1. The third-order valence-corrected chi connectivity index (χ3v) is 6.73. The van der Waals surface area contributed by atoms with Gasteiger partial charge in [0.15, 0.2) is 17.4 Å². The quantitative estimate of drug-likeness (QED) is 0.322. The SMILES string of the molecule is CC(C)C(C)(CC(=O)c1cc(=O)[nH]c(-c2ncccn2)n1)c1ccc(S(F)(F)(F)(F)F)cc1. The van der Waals surface area contributed by atoms with Crippen LogP contribution in [0.1, 0.15) is 43.2 Å². The minimum absolute atomic E-state index is 0.0158. The Morgan fingerprint density at radius 3 is 2.15 bits per heavy atom. The molecule has 2 aromatic heterocycles. The van der Waals surface area contributed by atoms with E-state index in [4.69, 9.17) is 0 Å². The summed E-state index contributed by atoms with van der Waals surface area (Å²) in [6, 6.07) is 5.14. The molecule has 1 N–H and O–H groups in total. The molecule has 0 radical (unpaired) electrons. The Hall–Kier alpha value is -3.15. The van der Waals surface area contributed by atoms with E-state index in [9.17, 15) is 29.0 Å². The van der Waals surface area contributed by atoms with Gasteiger partial charge in [-0.1, -0.05) is 52.3 Å². The largest absolute Gasteiger partial charge is 0.310 e. The van der Waals surface area contributed by atoms with Crippen LogP contribution >= 0.6 is 10.2 Å². The fraction of sp³-hybridized carbons (Fsp3) is 0.286. The van der Waals surface area contributed by atoms with E-state index in [2.05, 4.69) is 19.9 Å². The number of aromatic nitrogens is 4. The Labute approximate surface area is 186 Å². The number of Topliss-reactive ketones (excluding diaryl/α,β-unsaturated/α-hetero) is 1. The van der Waals surface area contributed by atoms with Gasteiger partial charge >= 0.3 is 10.2 Å². The molecule has 12 heteroatoms. The van der Waals surface area contributed by atoms with Gasteiger partial charge in [0.1, 0.15) is 10.6 Å². The van der Waals surface area contributed by atoms with Crippen molar-refractivity contribution >= 4 is 16.0 Å². The first-order valence-electron chi connectivity index (χ1n) is 9.76. The number of nitrogens with one attached hydrogen (secondary N) is 1. The maximum absolute atomic E-state index is 13.1. The van der Waals surface area contributed by atoms with Gasteiger partial charge in [0.05, 0.1) is 0 Å². The molecule has 1 atom stereocenters. The summed E-state index contributed by atoms with van der Waals surface area (Å²) in [5.41, 5.74) is -1.53. The van der Waals surface area contributed by atoms with Crippen LogP contribution in [0.15, 0.2) is 58.5 Å². The van der Waals surface area contributed by atoms with Gasteiger partial charge in [0, 0.05) is 30.3 Å². The lowest BCUT2D eigenvalue weighted by Crippen LogP contribution is -2.32. The first-order valence-corrected chi connectivity index (χ1v) is 11.7. The highest BCUT2D eigenvalue weighted by atomic mass is 32.5. The van der Waals surface area contributed by atoms with E-state index in [0.717, 1.165) is 18.2 Å². The molecule has 178 valence electrons. The van der Waals surface area contributed by atoms with Gasteiger partial charge in [-0.05, 0) is 29.7 Å². The predicted octanol–water partition coefficient (Wildman–Crippen LogP) is 6.07. The molecule has 0 saturated carbocycles. The molecule has 6 nitrogen and oxygen atoms in total. The first kappa shape index (κ1) is 24.5. The molecule has 0 amide bonds.